The first-order chi connectivity index (χ1) is 18.3. The average molecular weight is 542 g/mol. The Morgan fingerprint density at radius 1 is 1.26 bits per heavy atom. The number of hydrogen-bond acceptors (Lipinski definition) is 9. The van der Waals surface area contributed by atoms with E-state index in [1.165, 1.54) is 37.7 Å². The Bertz CT molecular complexity index is 1220. The van der Waals surface area contributed by atoms with Gasteiger partial charge in [-0.3, -0.25) is 9.48 Å². The van der Waals surface area contributed by atoms with Gasteiger partial charge in [0.1, 0.15) is 5.82 Å². The number of nitrogens with one attached hydrogen (secondary N) is 1. The SMILES string of the molecule is CC(=O)O.CCN(C=C1CCCCC1)c1nc2c(cc1CNc1ncc(OCCSC)cn1)c(C)nn2C. The van der Waals surface area contributed by atoms with Crippen molar-refractivity contribution in [1.29, 1.82) is 0 Å². The highest BCUT2D eigenvalue weighted by Crippen LogP contribution is 2.29. The van der Waals surface area contributed by atoms with E-state index >= 15 is 0 Å². The Hall–Kier alpha value is -3.34. The predicted molar refractivity (Wildman–Crippen MR) is 154 cm³/mol. The van der Waals surface area contributed by atoms with Gasteiger partial charge in [0.05, 0.1) is 24.7 Å². The number of fused-ring (bicyclic) bond motifs is 1. The second-order valence-electron chi connectivity index (χ2n) is 9.14. The summed E-state index contributed by atoms with van der Waals surface area (Å²) in [4.78, 5) is 25.2. The van der Waals surface area contributed by atoms with Crippen LogP contribution in [0.25, 0.3) is 11.0 Å². The number of carboxylic acids is 1. The average Bonchev–Trinajstić information content (AvgIpc) is 3.18. The molecule has 0 aromatic carbocycles. The van der Waals surface area contributed by atoms with Crippen molar-refractivity contribution in [1.82, 2.24) is 24.7 Å². The quantitative estimate of drug-likeness (QED) is 0.332. The molecule has 4 rings (SSSR count). The highest BCUT2D eigenvalue weighted by atomic mass is 32.2. The van der Waals surface area contributed by atoms with Gasteiger partial charge < -0.3 is 20.1 Å². The van der Waals surface area contributed by atoms with Gasteiger partial charge in [-0.25, -0.2) is 15.0 Å². The van der Waals surface area contributed by atoms with Gasteiger partial charge in [-0.2, -0.15) is 16.9 Å². The maximum absolute atomic E-state index is 9.00. The van der Waals surface area contributed by atoms with E-state index in [-0.39, 0.29) is 0 Å². The van der Waals surface area contributed by atoms with E-state index in [0.717, 1.165) is 47.3 Å². The zero-order valence-electron chi connectivity index (χ0n) is 23.0. The molecule has 0 saturated heterocycles. The van der Waals surface area contributed by atoms with Crippen molar-refractivity contribution < 1.29 is 14.6 Å². The number of carboxylic acid groups (broad SMARTS) is 1. The Morgan fingerprint density at radius 3 is 2.58 bits per heavy atom. The Balaban J connectivity index is 0.000000934. The molecule has 0 amide bonds. The second kappa shape index (κ2) is 14.6. The lowest BCUT2D eigenvalue weighted by Crippen LogP contribution is -2.21. The van der Waals surface area contributed by atoms with Crippen molar-refractivity contribution in [2.45, 2.75) is 59.4 Å². The second-order valence-corrected chi connectivity index (χ2v) is 10.1. The van der Waals surface area contributed by atoms with E-state index in [1.807, 2.05) is 18.7 Å². The van der Waals surface area contributed by atoms with Crippen LogP contribution in [-0.4, -0.2) is 61.0 Å². The molecular formula is C27H39N7O3S. The molecule has 0 spiro atoms. The van der Waals surface area contributed by atoms with Crippen LogP contribution >= 0.6 is 11.8 Å². The van der Waals surface area contributed by atoms with E-state index < -0.39 is 5.97 Å². The number of aromatic nitrogens is 5. The number of anilines is 2. The van der Waals surface area contributed by atoms with Crippen LogP contribution in [0.4, 0.5) is 11.8 Å². The lowest BCUT2D eigenvalue weighted by molar-refractivity contribution is -0.134. The van der Waals surface area contributed by atoms with Gasteiger partial charge in [0.15, 0.2) is 11.4 Å². The Kier molecular flexibility index (Phi) is 11.2. The Labute approximate surface area is 228 Å². The molecule has 0 bridgehead atoms. The molecule has 11 heteroatoms. The van der Waals surface area contributed by atoms with Crippen LogP contribution in [0.3, 0.4) is 0 Å². The van der Waals surface area contributed by atoms with Crippen LogP contribution in [0.15, 0.2) is 30.2 Å². The third-order valence-electron chi connectivity index (χ3n) is 6.12. The number of pyridine rings is 1. The monoisotopic (exact) mass is 541 g/mol. The molecule has 3 aromatic rings. The molecule has 1 fully saturated rings. The summed E-state index contributed by atoms with van der Waals surface area (Å²) in [5, 5.41) is 16.5. The molecule has 206 valence electrons. The zero-order chi connectivity index (χ0) is 27.5. The summed E-state index contributed by atoms with van der Waals surface area (Å²) in [5.74, 6) is 2.32. The maximum Gasteiger partial charge on any atom is 0.300 e. The van der Waals surface area contributed by atoms with Crippen molar-refractivity contribution in [3.63, 3.8) is 0 Å². The molecule has 10 nitrogen and oxygen atoms in total. The van der Waals surface area contributed by atoms with Crippen molar-refractivity contribution >= 4 is 40.5 Å². The van der Waals surface area contributed by atoms with Crippen molar-refractivity contribution in [3.05, 3.63) is 41.5 Å². The van der Waals surface area contributed by atoms with Crippen LogP contribution in [0.5, 0.6) is 5.75 Å². The molecule has 38 heavy (non-hydrogen) atoms. The van der Waals surface area contributed by atoms with Crippen LogP contribution in [0, 0.1) is 6.92 Å². The zero-order valence-corrected chi connectivity index (χ0v) is 23.8. The number of nitrogens with zero attached hydrogens (tertiary/aromatic N) is 6. The van der Waals surface area contributed by atoms with Crippen LogP contribution < -0.4 is 15.0 Å². The van der Waals surface area contributed by atoms with Crippen LogP contribution in [0.2, 0.25) is 0 Å². The third kappa shape index (κ3) is 8.34. The van der Waals surface area contributed by atoms with E-state index in [4.69, 9.17) is 19.6 Å². The summed E-state index contributed by atoms with van der Waals surface area (Å²) in [6.07, 6.45) is 14.1. The fourth-order valence-corrected chi connectivity index (χ4v) is 4.56. The molecule has 2 N–H and O–H groups in total. The van der Waals surface area contributed by atoms with Gasteiger partial charge in [0, 0.05) is 50.0 Å². The number of aliphatic carboxylic acids is 1. The molecular weight excluding hydrogens is 502 g/mol. The van der Waals surface area contributed by atoms with Crippen molar-refractivity contribution in [3.8, 4) is 5.75 Å². The topological polar surface area (TPSA) is 118 Å². The number of rotatable bonds is 10. The summed E-state index contributed by atoms with van der Waals surface area (Å²) in [6.45, 7) is 7.36. The first-order valence-electron chi connectivity index (χ1n) is 13.0. The van der Waals surface area contributed by atoms with Gasteiger partial charge in [-0.15, -0.1) is 0 Å². The number of carbonyl (C=O) groups is 1. The molecule has 3 aromatic heterocycles. The minimum Gasteiger partial charge on any atom is -0.489 e. The summed E-state index contributed by atoms with van der Waals surface area (Å²) < 4.78 is 7.53. The van der Waals surface area contributed by atoms with Crippen LogP contribution in [-0.2, 0) is 18.4 Å². The molecule has 0 atom stereocenters. The third-order valence-corrected chi connectivity index (χ3v) is 6.70. The lowest BCUT2D eigenvalue weighted by Gasteiger charge is -2.24. The van der Waals surface area contributed by atoms with Gasteiger partial charge in [0.2, 0.25) is 5.95 Å². The van der Waals surface area contributed by atoms with Gasteiger partial charge in [-0.05, 0) is 51.9 Å². The fourth-order valence-electron chi connectivity index (χ4n) is 4.31. The standard InChI is InChI=1S/C25H35N7OS.C2H4O2/c1-5-32(17-19-9-7-6-8-10-19)23-20(13-22-18(2)30-31(3)24(22)29-23)14-26-25-27-15-21(16-28-25)33-11-12-34-4;1-2(3)4/h13,15-17H,5-12,14H2,1-4H3,(H,26,27,28);1H3,(H,3,4). The first kappa shape index (κ1) is 29.2. The Morgan fingerprint density at radius 2 is 1.95 bits per heavy atom. The molecule has 1 aliphatic carbocycles. The van der Waals surface area contributed by atoms with E-state index in [9.17, 15) is 0 Å². The predicted octanol–water partition coefficient (Wildman–Crippen LogP) is 5.19. The highest BCUT2D eigenvalue weighted by molar-refractivity contribution is 7.98. The number of thioether (sulfide) groups is 1. The molecule has 0 aliphatic heterocycles. The van der Waals surface area contributed by atoms with E-state index in [2.05, 4.69) is 50.7 Å². The van der Waals surface area contributed by atoms with E-state index in [0.29, 0.717) is 24.8 Å². The largest absolute Gasteiger partial charge is 0.489 e. The summed E-state index contributed by atoms with van der Waals surface area (Å²) in [6, 6.07) is 2.20. The normalized spacial score (nSPS) is 13.0. The van der Waals surface area contributed by atoms with Gasteiger partial charge in [-0.1, -0.05) is 12.0 Å². The number of hydrogen-bond donors (Lipinski definition) is 2. The summed E-state index contributed by atoms with van der Waals surface area (Å²) >= 11 is 1.75. The molecule has 0 unspecified atom stereocenters. The van der Waals surface area contributed by atoms with Gasteiger partial charge in [0.25, 0.3) is 5.97 Å². The number of allylic oxidation sites excluding steroid dienone is 1. The van der Waals surface area contributed by atoms with E-state index in [1.54, 1.807) is 24.2 Å². The maximum atomic E-state index is 9.00. The molecule has 1 aliphatic rings. The molecule has 1 saturated carbocycles. The summed E-state index contributed by atoms with van der Waals surface area (Å²) in [7, 11) is 1.95. The minimum atomic E-state index is -0.833. The minimum absolute atomic E-state index is 0.568. The van der Waals surface area contributed by atoms with Crippen molar-refractivity contribution in [2.75, 3.05) is 35.4 Å². The smallest absolute Gasteiger partial charge is 0.300 e. The first-order valence-corrected chi connectivity index (χ1v) is 14.4. The number of ether oxygens (including phenoxy) is 1. The molecule has 3 heterocycles. The van der Waals surface area contributed by atoms with Crippen LogP contribution in [0.1, 0.15) is 57.2 Å². The highest BCUT2D eigenvalue weighted by Gasteiger charge is 2.17. The molecule has 0 radical (unpaired) electrons. The van der Waals surface area contributed by atoms with Crippen molar-refractivity contribution in [2.24, 2.45) is 7.05 Å². The number of aryl methyl sites for hydroxylation is 2. The van der Waals surface area contributed by atoms with Gasteiger partial charge >= 0.3 is 0 Å². The fraction of sp³-hybridized carbons (Fsp3) is 0.519. The lowest BCUT2D eigenvalue weighted by atomic mass is 9.95. The summed E-state index contributed by atoms with van der Waals surface area (Å²) in [5.41, 5.74) is 4.49.